The molecule has 3 rings (SSSR count). The van der Waals surface area contributed by atoms with Gasteiger partial charge >= 0.3 is 6.61 Å². The summed E-state index contributed by atoms with van der Waals surface area (Å²) in [4.78, 5) is 2.27. The summed E-state index contributed by atoms with van der Waals surface area (Å²) < 4.78 is 30.4. The van der Waals surface area contributed by atoms with Crippen LogP contribution >= 0.6 is 12.4 Å². The fourth-order valence-corrected chi connectivity index (χ4v) is 2.90. The van der Waals surface area contributed by atoms with Gasteiger partial charge in [0.15, 0.2) is 5.82 Å². The predicted molar refractivity (Wildman–Crippen MR) is 90.1 cm³/mol. The summed E-state index contributed by atoms with van der Waals surface area (Å²) in [5, 5.41) is 11.8. The molecule has 0 aliphatic carbocycles. The molecule has 0 spiro atoms. The van der Waals surface area contributed by atoms with Gasteiger partial charge in [0.05, 0.1) is 12.2 Å². The molecule has 1 aliphatic heterocycles. The highest BCUT2D eigenvalue weighted by atomic mass is 35.5. The van der Waals surface area contributed by atoms with Crippen LogP contribution in [0.25, 0.3) is 5.69 Å². The number of likely N-dealkylation sites (tertiary alicyclic amines) is 1. The topological polar surface area (TPSA) is 82.1 Å². The predicted octanol–water partition coefficient (Wildman–Crippen LogP) is 1.86. The summed E-state index contributed by atoms with van der Waals surface area (Å²) in [5.74, 6) is 0.792. The molecule has 1 atom stereocenters. The van der Waals surface area contributed by atoms with Crippen LogP contribution in [0.15, 0.2) is 24.3 Å². The Morgan fingerprint density at radius 1 is 1.32 bits per heavy atom. The third-order valence-electron chi connectivity index (χ3n) is 4.34. The number of hydrogen-bond donors (Lipinski definition) is 1. The van der Waals surface area contributed by atoms with E-state index in [1.54, 1.807) is 16.8 Å². The molecule has 1 aromatic carbocycles. The molecule has 10 heteroatoms. The Kier molecular flexibility index (Phi) is 6.26. The monoisotopic (exact) mass is 374 g/mol. The second kappa shape index (κ2) is 8.03. The van der Waals surface area contributed by atoms with Gasteiger partial charge in [-0.25, -0.2) is 0 Å². The Balaban J connectivity index is 0.00000225. The highest BCUT2D eigenvalue weighted by Gasteiger charge is 2.33. The van der Waals surface area contributed by atoms with Gasteiger partial charge in [0.25, 0.3) is 0 Å². The van der Waals surface area contributed by atoms with Gasteiger partial charge in [0.1, 0.15) is 5.75 Å². The lowest BCUT2D eigenvalue weighted by Gasteiger charge is -2.22. The summed E-state index contributed by atoms with van der Waals surface area (Å²) in [5.41, 5.74) is 6.66. The van der Waals surface area contributed by atoms with Crippen LogP contribution in [-0.4, -0.2) is 51.4 Å². The zero-order valence-electron chi connectivity index (χ0n) is 13.8. The Morgan fingerprint density at radius 2 is 2.04 bits per heavy atom. The van der Waals surface area contributed by atoms with Crippen LogP contribution in [0.5, 0.6) is 5.75 Å². The van der Waals surface area contributed by atoms with Crippen molar-refractivity contribution in [3.8, 4) is 11.4 Å². The summed E-state index contributed by atoms with van der Waals surface area (Å²) in [6.45, 7) is 2.45. The van der Waals surface area contributed by atoms with Crippen molar-refractivity contribution >= 4 is 12.4 Å². The first-order chi connectivity index (χ1) is 11.5. The molecule has 1 saturated heterocycles. The second-order valence-electron chi connectivity index (χ2n) is 6.35. The summed E-state index contributed by atoms with van der Waals surface area (Å²) in [6.07, 6.45) is 1.05. The largest absolute Gasteiger partial charge is 0.435 e. The number of aromatic nitrogens is 4. The van der Waals surface area contributed by atoms with Gasteiger partial charge in [-0.2, -0.15) is 13.5 Å². The molecule has 2 heterocycles. The van der Waals surface area contributed by atoms with Crippen molar-refractivity contribution in [2.75, 3.05) is 19.6 Å². The van der Waals surface area contributed by atoms with E-state index < -0.39 is 6.61 Å². The average Bonchev–Trinajstić information content (AvgIpc) is 3.16. The number of alkyl halides is 2. The number of nitrogens with zero attached hydrogens (tertiary/aromatic N) is 5. The molecule has 0 amide bonds. The smallest absolute Gasteiger partial charge is 0.387 e. The lowest BCUT2D eigenvalue weighted by Crippen LogP contribution is -2.31. The highest BCUT2D eigenvalue weighted by Crippen LogP contribution is 2.29. The van der Waals surface area contributed by atoms with Crippen molar-refractivity contribution in [2.24, 2.45) is 11.1 Å². The van der Waals surface area contributed by atoms with Gasteiger partial charge in [-0.15, -0.1) is 17.5 Å². The van der Waals surface area contributed by atoms with Crippen LogP contribution in [0.2, 0.25) is 0 Å². The van der Waals surface area contributed by atoms with E-state index in [4.69, 9.17) is 5.73 Å². The number of tetrazole rings is 1. The number of ether oxygens (including phenoxy) is 1. The lowest BCUT2D eigenvalue weighted by atomic mass is 9.90. The number of benzene rings is 1. The first-order valence-corrected chi connectivity index (χ1v) is 7.74. The van der Waals surface area contributed by atoms with Crippen LogP contribution in [0.3, 0.4) is 0 Å². The van der Waals surface area contributed by atoms with E-state index >= 15 is 0 Å². The van der Waals surface area contributed by atoms with Crippen LogP contribution in [0, 0.1) is 5.41 Å². The van der Waals surface area contributed by atoms with Crippen LogP contribution in [-0.2, 0) is 6.54 Å². The first-order valence-electron chi connectivity index (χ1n) is 7.74. The molecule has 25 heavy (non-hydrogen) atoms. The van der Waals surface area contributed by atoms with E-state index in [1.807, 2.05) is 0 Å². The van der Waals surface area contributed by atoms with E-state index in [2.05, 4.69) is 32.1 Å². The highest BCUT2D eigenvalue weighted by molar-refractivity contribution is 5.85. The molecule has 1 aliphatic rings. The molecule has 1 unspecified atom stereocenters. The minimum absolute atomic E-state index is 0. The zero-order valence-corrected chi connectivity index (χ0v) is 14.6. The molecular formula is C15H21ClF2N6O. The Hall–Kier alpha value is -1.84. The fourth-order valence-electron chi connectivity index (χ4n) is 2.90. The number of hydrogen-bond acceptors (Lipinski definition) is 6. The first kappa shape index (κ1) is 19.5. The standard InChI is InChI=1S/C15H20F2N6O.ClH/c1-15(9-18)6-7-22(10-15)8-13-19-20-21-23(13)11-2-4-12(5-3-11)24-14(16)17;/h2-5,14H,6-10,18H2,1H3;1H. The molecule has 1 aromatic heterocycles. The molecule has 2 aromatic rings. The third-order valence-corrected chi connectivity index (χ3v) is 4.34. The van der Waals surface area contributed by atoms with Gasteiger partial charge in [-0.1, -0.05) is 6.92 Å². The molecule has 7 nitrogen and oxygen atoms in total. The Bertz CT molecular complexity index is 683. The SMILES string of the molecule is CC1(CN)CCN(Cc2nnnn2-c2ccc(OC(F)F)cc2)C1.Cl. The molecule has 0 radical (unpaired) electrons. The van der Waals surface area contributed by atoms with E-state index in [0.29, 0.717) is 24.6 Å². The summed E-state index contributed by atoms with van der Waals surface area (Å²) in [7, 11) is 0. The van der Waals surface area contributed by atoms with Crippen molar-refractivity contribution in [1.82, 2.24) is 25.1 Å². The second-order valence-corrected chi connectivity index (χ2v) is 6.35. The van der Waals surface area contributed by atoms with E-state index in [0.717, 1.165) is 19.5 Å². The molecule has 0 saturated carbocycles. The van der Waals surface area contributed by atoms with Crippen LogP contribution in [0.1, 0.15) is 19.2 Å². The van der Waals surface area contributed by atoms with Crippen molar-refractivity contribution in [3.63, 3.8) is 0 Å². The summed E-state index contributed by atoms with van der Waals surface area (Å²) >= 11 is 0. The van der Waals surface area contributed by atoms with E-state index in [1.165, 1.54) is 12.1 Å². The lowest BCUT2D eigenvalue weighted by molar-refractivity contribution is -0.0498. The normalized spacial score (nSPS) is 20.7. The van der Waals surface area contributed by atoms with Gasteiger partial charge in [-0.05, 0) is 59.6 Å². The maximum absolute atomic E-state index is 12.2. The summed E-state index contributed by atoms with van der Waals surface area (Å²) in [6, 6.07) is 6.22. The molecular weight excluding hydrogens is 354 g/mol. The molecule has 138 valence electrons. The van der Waals surface area contributed by atoms with Crippen molar-refractivity contribution < 1.29 is 13.5 Å². The minimum Gasteiger partial charge on any atom is -0.435 e. The molecule has 0 bridgehead atoms. The van der Waals surface area contributed by atoms with Crippen molar-refractivity contribution in [3.05, 3.63) is 30.1 Å². The molecule has 2 N–H and O–H groups in total. The average molecular weight is 375 g/mol. The van der Waals surface area contributed by atoms with Gasteiger partial charge < -0.3 is 10.5 Å². The molecule has 1 fully saturated rings. The Morgan fingerprint density at radius 3 is 2.64 bits per heavy atom. The quantitative estimate of drug-likeness (QED) is 0.831. The fraction of sp³-hybridized carbons (Fsp3) is 0.533. The van der Waals surface area contributed by atoms with E-state index in [9.17, 15) is 8.78 Å². The van der Waals surface area contributed by atoms with Gasteiger partial charge in [0.2, 0.25) is 0 Å². The number of halogens is 3. The number of rotatable bonds is 6. The Labute approximate surface area is 150 Å². The maximum atomic E-state index is 12.2. The van der Waals surface area contributed by atoms with Gasteiger partial charge in [-0.3, -0.25) is 4.90 Å². The maximum Gasteiger partial charge on any atom is 0.387 e. The van der Waals surface area contributed by atoms with Crippen molar-refractivity contribution in [2.45, 2.75) is 26.5 Å². The third kappa shape index (κ3) is 4.62. The minimum atomic E-state index is -2.84. The van der Waals surface area contributed by atoms with Crippen LogP contribution < -0.4 is 10.5 Å². The van der Waals surface area contributed by atoms with Crippen molar-refractivity contribution in [1.29, 1.82) is 0 Å². The number of nitrogens with two attached hydrogens (primary N) is 1. The zero-order chi connectivity index (χ0) is 17.2. The van der Waals surface area contributed by atoms with Gasteiger partial charge in [0, 0.05) is 6.54 Å². The van der Waals surface area contributed by atoms with E-state index in [-0.39, 0.29) is 23.6 Å². The van der Waals surface area contributed by atoms with Crippen LogP contribution in [0.4, 0.5) is 8.78 Å².